The Kier molecular flexibility index (Phi) is 8.47. The summed E-state index contributed by atoms with van der Waals surface area (Å²) in [5, 5.41) is 16.2. The van der Waals surface area contributed by atoms with E-state index in [0.717, 1.165) is 17.1 Å². The lowest BCUT2D eigenvalue weighted by Crippen LogP contribution is -2.42. The summed E-state index contributed by atoms with van der Waals surface area (Å²) in [6.07, 6.45) is 3.40. The summed E-state index contributed by atoms with van der Waals surface area (Å²) in [7, 11) is 0. The van der Waals surface area contributed by atoms with Crippen LogP contribution in [0.2, 0.25) is 0 Å². The number of nitrogens with one attached hydrogen (secondary N) is 2. The van der Waals surface area contributed by atoms with E-state index in [1.54, 1.807) is 6.07 Å². The van der Waals surface area contributed by atoms with Gasteiger partial charge in [0.15, 0.2) is 5.79 Å². The first kappa shape index (κ1) is 29.5. The first-order valence-electron chi connectivity index (χ1n) is 15.2. The molecule has 6 rings (SSSR count). The number of aliphatic imine (C=N–C) groups is 1. The molecule has 0 radical (unpaired) electrons. The van der Waals surface area contributed by atoms with Gasteiger partial charge in [-0.15, -0.1) is 0 Å². The topological polar surface area (TPSA) is 118 Å². The molecule has 2 aromatic carbocycles. The molecule has 3 aliphatic heterocycles. The lowest BCUT2D eigenvalue weighted by Gasteiger charge is -2.22. The average molecular weight is 592 g/mol. The number of anilines is 1. The summed E-state index contributed by atoms with van der Waals surface area (Å²) in [4.78, 5) is 22.3. The number of nitriles is 1. The van der Waals surface area contributed by atoms with Crippen molar-refractivity contribution < 1.29 is 19.0 Å². The summed E-state index contributed by atoms with van der Waals surface area (Å²) < 4.78 is 18.4. The van der Waals surface area contributed by atoms with Crippen LogP contribution in [0.5, 0.6) is 0 Å². The average Bonchev–Trinajstić information content (AvgIpc) is 3.43. The number of rotatable bonds is 8. The molecule has 1 aromatic heterocycles. The maximum atomic E-state index is 12.8. The molecule has 2 N–H and O–H groups in total. The van der Waals surface area contributed by atoms with Gasteiger partial charge in [-0.1, -0.05) is 60.7 Å². The first-order chi connectivity index (χ1) is 21.3. The lowest BCUT2D eigenvalue weighted by molar-refractivity contribution is -0.170. The molecule has 1 unspecified atom stereocenters. The SMILES string of the molecule is CCNC(=O)[C@H]1O/C(=C\C2C=Nc3c(NCC(c4ccccc4)c4ccccc4)cc(C#N)nc3CC2)[C@@H]2OC(C)(C)O[C@H]12. The molecule has 9 heteroatoms. The van der Waals surface area contributed by atoms with Crippen LogP contribution < -0.4 is 10.6 Å². The van der Waals surface area contributed by atoms with Gasteiger partial charge in [0.1, 0.15) is 35.4 Å². The minimum atomic E-state index is -0.827. The smallest absolute Gasteiger partial charge is 0.263 e. The molecule has 4 atom stereocenters. The Balaban J connectivity index is 1.26. The van der Waals surface area contributed by atoms with E-state index in [4.69, 9.17) is 19.2 Å². The highest BCUT2D eigenvalue weighted by atomic mass is 16.8. The number of aromatic nitrogens is 1. The van der Waals surface area contributed by atoms with Gasteiger partial charge in [0.2, 0.25) is 6.10 Å². The molecule has 2 fully saturated rings. The first-order valence-corrected chi connectivity index (χ1v) is 15.2. The highest BCUT2D eigenvalue weighted by Gasteiger charge is 2.56. The van der Waals surface area contributed by atoms with Crippen molar-refractivity contribution in [2.24, 2.45) is 10.9 Å². The van der Waals surface area contributed by atoms with Crippen molar-refractivity contribution in [2.75, 3.05) is 18.4 Å². The standard InChI is InChI=1S/C35H37N5O4/c1-4-37-34(41)33-32-31(43-35(2,3)44-32)29(42-33)17-22-15-16-27-30(39-20-22)28(18-25(19-36)40-27)38-21-26(23-11-7-5-8-12-23)24-13-9-6-10-14-24/h5-14,17-18,20,22,26,31-33H,4,15-16,21H2,1-3H3,(H,37,41)(H,38,40)/b29-17-/t22?,31-,32-,33-/m0/s1. The number of benzene rings is 2. The van der Waals surface area contributed by atoms with Gasteiger partial charge < -0.3 is 24.8 Å². The van der Waals surface area contributed by atoms with Crippen LogP contribution in [0.1, 0.15) is 55.6 Å². The van der Waals surface area contributed by atoms with E-state index in [9.17, 15) is 10.1 Å². The predicted octanol–water partition coefficient (Wildman–Crippen LogP) is 5.40. The van der Waals surface area contributed by atoms with Crippen LogP contribution in [-0.4, -0.2) is 54.3 Å². The minimum Gasteiger partial charge on any atom is -0.479 e. The second-order valence-electron chi connectivity index (χ2n) is 11.7. The Bertz CT molecular complexity index is 1560. The van der Waals surface area contributed by atoms with Crippen LogP contribution in [0.4, 0.5) is 11.4 Å². The molecule has 3 aromatic rings. The van der Waals surface area contributed by atoms with E-state index < -0.39 is 24.1 Å². The third-order valence-corrected chi connectivity index (χ3v) is 8.15. The summed E-state index contributed by atoms with van der Waals surface area (Å²) in [5.74, 6) is -0.465. The Labute approximate surface area is 258 Å². The van der Waals surface area contributed by atoms with Crippen LogP contribution in [0.15, 0.2) is 83.6 Å². The van der Waals surface area contributed by atoms with E-state index in [-0.39, 0.29) is 17.7 Å². The molecule has 4 heterocycles. The molecule has 226 valence electrons. The second kappa shape index (κ2) is 12.6. The van der Waals surface area contributed by atoms with Crippen molar-refractivity contribution >= 4 is 23.5 Å². The third-order valence-electron chi connectivity index (χ3n) is 8.15. The number of carbonyl (C=O) groups excluding carboxylic acids is 1. The highest BCUT2D eigenvalue weighted by molar-refractivity contribution is 5.82. The summed E-state index contributed by atoms with van der Waals surface area (Å²) in [6.45, 7) is 6.67. The van der Waals surface area contributed by atoms with E-state index in [1.165, 1.54) is 11.1 Å². The molecule has 44 heavy (non-hydrogen) atoms. The van der Waals surface area contributed by atoms with Crippen LogP contribution in [0.3, 0.4) is 0 Å². The van der Waals surface area contributed by atoms with Crippen molar-refractivity contribution in [3.05, 3.63) is 101 Å². The van der Waals surface area contributed by atoms with Crippen molar-refractivity contribution in [3.63, 3.8) is 0 Å². The fourth-order valence-corrected chi connectivity index (χ4v) is 6.12. The van der Waals surface area contributed by atoms with Gasteiger partial charge >= 0.3 is 0 Å². The molecule has 0 spiro atoms. The number of fused-ring (bicyclic) bond motifs is 2. The molecular formula is C35H37N5O4. The Morgan fingerprint density at radius 3 is 2.48 bits per heavy atom. The zero-order chi connectivity index (χ0) is 30.7. The fourth-order valence-electron chi connectivity index (χ4n) is 6.12. The van der Waals surface area contributed by atoms with Gasteiger partial charge in [-0.25, -0.2) is 4.98 Å². The number of carbonyl (C=O) groups is 1. The lowest BCUT2D eigenvalue weighted by atomic mass is 9.91. The number of pyridine rings is 1. The maximum absolute atomic E-state index is 12.8. The van der Waals surface area contributed by atoms with Crippen molar-refractivity contribution in [1.29, 1.82) is 5.26 Å². The van der Waals surface area contributed by atoms with E-state index in [2.05, 4.69) is 70.2 Å². The molecular weight excluding hydrogens is 554 g/mol. The number of amides is 1. The molecule has 9 nitrogen and oxygen atoms in total. The molecule has 0 bridgehead atoms. The number of hydrogen-bond acceptors (Lipinski definition) is 8. The number of hydrogen-bond donors (Lipinski definition) is 2. The van der Waals surface area contributed by atoms with Gasteiger partial charge in [0.05, 0.1) is 11.4 Å². The number of likely N-dealkylation sites (N-methyl/N-ethyl adjacent to an activating group) is 1. The normalized spacial score (nSPS) is 24.2. The zero-order valence-corrected chi connectivity index (χ0v) is 25.2. The number of ether oxygens (including phenoxy) is 3. The summed E-state index contributed by atoms with van der Waals surface area (Å²) in [5.41, 5.74) is 5.02. The van der Waals surface area contributed by atoms with Gasteiger partial charge in [0.25, 0.3) is 5.91 Å². The van der Waals surface area contributed by atoms with Crippen LogP contribution in [0, 0.1) is 17.2 Å². The summed E-state index contributed by atoms with van der Waals surface area (Å²) in [6, 6.07) is 24.8. The van der Waals surface area contributed by atoms with Gasteiger partial charge in [-0.3, -0.25) is 9.79 Å². The van der Waals surface area contributed by atoms with Gasteiger partial charge in [0, 0.05) is 31.1 Å². The van der Waals surface area contributed by atoms with E-state index in [0.29, 0.717) is 37.4 Å². The largest absolute Gasteiger partial charge is 0.479 e. The molecule has 0 aliphatic carbocycles. The molecule has 0 saturated carbocycles. The van der Waals surface area contributed by atoms with Crippen LogP contribution in [-0.2, 0) is 25.4 Å². The highest BCUT2D eigenvalue weighted by Crippen LogP contribution is 2.42. The zero-order valence-electron chi connectivity index (χ0n) is 25.2. The molecule has 1 amide bonds. The number of aryl methyl sites for hydroxylation is 1. The summed E-state index contributed by atoms with van der Waals surface area (Å²) >= 11 is 0. The second-order valence-corrected chi connectivity index (χ2v) is 11.7. The van der Waals surface area contributed by atoms with Gasteiger partial charge in [-0.2, -0.15) is 5.26 Å². The van der Waals surface area contributed by atoms with Crippen LogP contribution >= 0.6 is 0 Å². The van der Waals surface area contributed by atoms with Crippen molar-refractivity contribution in [2.45, 2.75) is 63.6 Å². The molecule has 2 saturated heterocycles. The third kappa shape index (κ3) is 6.23. The Morgan fingerprint density at radius 2 is 1.82 bits per heavy atom. The predicted molar refractivity (Wildman–Crippen MR) is 168 cm³/mol. The van der Waals surface area contributed by atoms with E-state index in [1.807, 2.05) is 45.2 Å². The Morgan fingerprint density at radius 1 is 1.11 bits per heavy atom. The van der Waals surface area contributed by atoms with E-state index >= 15 is 0 Å². The minimum absolute atomic E-state index is 0.0973. The number of nitrogens with zero attached hydrogens (tertiary/aromatic N) is 3. The maximum Gasteiger partial charge on any atom is 0.263 e. The quantitative estimate of drug-likeness (QED) is 0.360. The van der Waals surface area contributed by atoms with Crippen LogP contribution in [0.25, 0.3) is 0 Å². The fraction of sp³-hybridized carbons (Fsp3) is 0.371. The van der Waals surface area contributed by atoms with Gasteiger partial charge in [-0.05, 0) is 56.9 Å². The van der Waals surface area contributed by atoms with Crippen molar-refractivity contribution in [3.8, 4) is 6.07 Å². The number of allylic oxidation sites excluding steroid dienone is 1. The molecule has 3 aliphatic rings. The Hall–Kier alpha value is -4.52. The monoisotopic (exact) mass is 591 g/mol. The van der Waals surface area contributed by atoms with Crippen molar-refractivity contribution in [1.82, 2.24) is 10.3 Å².